The van der Waals surface area contributed by atoms with Crippen molar-refractivity contribution in [2.24, 2.45) is 0 Å². The first-order valence-corrected chi connectivity index (χ1v) is 9.05. The fourth-order valence-electron chi connectivity index (χ4n) is 3.65. The van der Waals surface area contributed by atoms with Crippen molar-refractivity contribution in [1.82, 2.24) is 25.1 Å². The number of H-pyrrole nitrogens is 1. The molecule has 5 rings (SSSR count). The van der Waals surface area contributed by atoms with E-state index in [-0.39, 0.29) is 17.7 Å². The fraction of sp³-hybridized carbons (Fsp3) is 0.200. The molecular weight excluding hydrogens is 362 g/mol. The molecule has 0 saturated carbocycles. The highest BCUT2D eigenvalue weighted by Crippen LogP contribution is 2.34. The molecule has 8 heteroatoms. The third kappa shape index (κ3) is 2.96. The van der Waals surface area contributed by atoms with Crippen LogP contribution in [0.25, 0.3) is 22.3 Å². The zero-order valence-corrected chi connectivity index (χ0v) is 14.8. The molecule has 2 aromatic heterocycles. The zero-order valence-electron chi connectivity index (χ0n) is 14.8. The zero-order chi connectivity index (χ0) is 19.1. The van der Waals surface area contributed by atoms with Crippen LogP contribution in [0.15, 0.2) is 48.7 Å². The average molecular weight is 378 g/mol. The highest BCUT2D eigenvalue weighted by atomic mass is 19.1. The van der Waals surface area contributed by atoms with Gasteiger partial charge in [-0.3, -0.25) is 0 Å². The van der Waals surface area contributed by atoms with Crippen molar-refractivity contribution in [2.45, 2.75) is 18.9 Å². The summed E-state index contributed by atoms with van der Waals surface area (Å²) in [7, 11) is 0. The Kier molecular flexibility index (Phi) is 3.96. The van der Waals surface area contributed by atoms with Gasteiger partial charge in [-0.15, -0.1) is 5.10 Å². The van der Waals surface area contributed by atoms with Crippen LogP contribution in [0.2, 0.25) is 0 Å². The lowest BCUT2D eigenvalue weighted by atomic mass is 10.1. The third-order valence-electron chi connectivity index (χ3n) is 4.96. The molecule has 1 atom stereocenters. The monoisotopic (exact) mass is 378 g/mol. The van der Waals surface area contributed by atoms with Crippen molar-refractivity contribution in [3.63, 3.8) is 0 Å². The van der Waals surface area contributed by atoms with E-state index in [0.29, 0.717) is 22.7 Å². The molecular formula is C20H16F2N6. The van der Waals surface area contributed by atoms with Gasteiger partial charge in [0.25, 0.3) is 0 Å². The van der Waals surface area contributed by atoms with Crippen molar-refractivity contribution in [1.29, 1.82) is 0 Å². The van der Waals surface area contributed by atoms with E-state index < -0.39 is 0 Å². The van der Waals surface area contributed by atoms with Crippen molar-refractivity contribution in [2.75, 3.05) is 11.4 Å². The molecule has 1 aliphatic heterocycles. The number of imidazole rings is 1. The number of nitrogens with zero attached hydrogens (tertiary/aromatic N) is 5. The van der Waals surface area contributed by atoms with Gasteiger partial charge in [0.15, 0.2) is 0 Å². The summed E-state index contributed by atoms with van der Waals surface area (Å²) < 4.78 is 27.0. The minimum Gasteiger partial charge on any atom is -0.340 e. The summed E-state index contributed by atoms with van der Waals surface area (Å²) in [5, 5.41) is 8.24. The maximum absolute atomic E-state index is 13.6. The molecule has 0 spiro atoms. The Balaban J connectivity index is 1.50. The van der Waals surface area contributed by atoms with E-state index in [1.165, 1.54) is 30.5 Å². The molecule has 6 nitrogen and oxygen atoms in total. The van der Waals surface area contributed by atoms with Crippen molar-refractivity contribution < 1.29 is 8.78 Å². The number of hydrogen-bond acceptors (Lipinski definition) is 5. The van der Waals surface area contributed by atoms with E-state index in [1.807, 2.05) is 4.90 Å². The summed E-state index contributed by atoms with van der Waals surface area (Å²) in [4.78, 5) is 14.5. The van der Waals surface area contributed by atoms with E-state index in [4.69, 9.17) is 0 Å². The Labute approximate surface area is 159 Å². The van der Waals surface area contributed by atoms with Gasteiger partial charge in [0.05, 0.1) is 29.0 Å². The summed E-state index contributed by atoms with van der Waals surface area (Å²) >= 11 is 0. The summed E-state index contributed by atoms with van der Waals surface area (Å²) in [6.07, 6.45) is 3.34. The van der Waals surface area contributed by atoms with Crippen LogP contribution < -0.4 is 4.90 Å². The van der Waals surface area contributed by atoms with Crippen LogP contribution >= 0.6 is 0 Å². The van der Waals surface area contributed by atoms with Crippen LogP contribution in [-0.2, 0) is 0 Å². The minimum atomic E-state index is -0.328. The van der Waals surface area contributed by atoms with Crippen molar-refractivity contribution in [3.8, 4) is 11.3 Å². The highest BCUT2D eigenvalue weighted by Gasteiger charge is 2.31. The Bertz CT molecular complexity index is 1160. The van der Waals surface area contributed by atoms with E-state index in [1.54, 1.807) is 18.2 Å². The molecule has 3 heterocycles. The maximum Gasteiger partial charge on any atom is 0.246 e. The molecule has 1 unspecified atom stereocenters. The quantitative estimate of drug-likeness (QED) is 0.583. The Morgan fingerprint density at radius 3 is 2.82 bits per heavy atom. The molecule has 0 bridgehead atoms. The number of anilines is 1. The van der Waals surface area contributed by atoms with Crippen LogP contribution in [0.4, 0.5) is 14.7 Å². The van der Waals surface area contributed by atoms with E-state index in [2.05, 4.69) is 25.1 Å². The molecule has 1 N–H and O–H groups in total. The number of halogens is 2. The predicted octanol–water partition coefficient (Wildman–Crippen LogP) is 4.03. The largest absolute Gasteiger partial charge is 0.340 e. The topological polar surface area (TPSA) is 70.6 Å². The smallest absolute Gasteiger partial charge is 0.246 e. The van der Waals surface area contributed by atoms with E-state index >= 15 is 0 Å². The number of rotatable bonds is 3. The normalized spacial score (nSPS) is 16.8. The average Bonchev–Trinajstić information content (AvgIpc) is 3.34. The maximum atomic E-state index is 13.6. The number of nitrogens with one attached hydrogen (secondary N) is 1. The molecule has 0 amide bonds. The first-order valence-electron chi connectivity index (χ1n) is 9.05. The Morgan fingerprint density at radius 1 is 1.04 bits per heavy atom. The summed E-state index contributed by atoms with van der Waals surface area (Å²) in [5.74, 6) is 0.585. The fourth-order valence-corrected chi connectivity index (χ4v) is 3.65. The van der Waals surface area contributed by atoms with E-state index in [9.17, 15) is 8.78 Å². The standard InChI is InChI=1S/C20H16F2N6/c21-13-4-1-3-12(9-13)17-11-23-27-20(26-17)28-8-2-5-18(28)19-24-15-7-6-14(22)10-16(15)25-19/h1,3-4,6-7,9-11,18H,2,5,8H2,(H,24,25). The van der Waals surface area contributed by atoms with Gasteiger partial charge >= 0.3 is 0 Å². The minimum absolute atomic E-state index is 0.0555. The number of benzene rings is 2. The van der Waals surface area contributed by atoms with Gasteiger partial charge in [0.1, 0.15) is 17.5 Å². The lowest BCUT2D eigenvalue weighted by Crippen LogP contribution is -2.26. The lowest BCUT2D eigenvalue weighted by molar-refractivity contribution is 0.628. The molecule has 1 saturated heterocycles. The van der Waals surface area contributed by atoms with Crippen LogP contribution in [0.1, 0.15) is 24.7 Å². The van der Waals surface area contributed by atoms with Gasteiger partial charge in [0.2, 0.25) is 5.95 Å². The second kappa shape index (κ2) is 6.63. The highest BCUT2D eigenvalue weighted by molar-refractivity contribution is 5.75. The van der Waals surface area contributed by atoms with Crippen LogP contribution in [0.3, 0.4) is 0 Å². The van der Waals surface area contributed by atoms with Gasteiger partial charge in [0, 0.05) is 12.1 Å². The number of fused-ring (bicyclic) bond motifs is 1. The molecule has 0 radical (unpaired) electrons. The number of hydrogen-bond donors (Lipinski definition) is 1. The third-order valence-corrected chi connectivity index (χ3v) is 4.96. The van der Waals surface area contributed by atoms with Crippen molar-refractivity contribution in [3.05, 3.63) is 66.1 Å². The van der Waals surface area contributed by atoms with Crippen LogP contribution in [0.5, 0.6) is 0 Å². The van der Waals surface area contributed by atoms with Gasteiger partial charge in [-0.1, -0.05) is 12.1 Å². The second-order valence-electron chi connectivity index (χ2n) is 6.79. The SMILES string of the molecule is Fc1cccc(-c2cnnc(N3CCCC3c3nc4ccc(F)cc4[nH]3)n2)c1. The van der Waals surface area contributed by atoms with Gasteiger partial charge < -0.3 is 9.88 Å². The summed E-state index contributed by atoms with van der Waals surface area (Å²) in [6.45, 7) is 0.754. The van der Waals surface area contributed by atoms with Crippen molar-refractivity contribution >= 4 is 17.0 Å². The predicted molar refractivity (Wildman–Crippen MR) is 101 cm³/mol. The molecule has 28 heavy (non-hydrogen) atoms. The summed E-state index contributed by atoms with van der Waals surface area (Å²) in [5.41, 5.74) is 2.58. The molecule has 2 aromatic carbocycles. The van der Waals surface area contributed by atoms with Gasteiger partial charge in [-0.2, -0.15) is 5.10 Å². The molecule has 4 aromatic rings. The molecule has 140 valence electrons. The molecule has 1 aliphatic rings. The number of aromatic amines is 1. The van der Waals surface area contributed by atoms with E-state index in [0.717, 1.165) is 30.7 Å². The molecule has 1 fully saturated rings. The Hall–Kier alpha value is -3.42. The Morgan fingerprint density at radius 2 is 1.93 bits per heavy atom. The first-order chi connectivity index (χ1) is 13.7. The summed E-state index contributed by atoms with van der Waals surface area (Å²) in [6, 6.07) is 10.7. The first kappa shape index (κ1) is 16.7. The van der Waals surface area contributed by atoms with Crippen LogP contribution in [0, 0.1) is 11.6 Å². The second-order valence-corrected chi connectivity index (χ2v) is 6.79. The molecule has 0 aliphatic carbocycles. The van der Waals surface area contributed by atoms with Gasteiger partial charge in [-0.05, 0) is 43.2 Å². The van der Waals surface area contributed by atoms with Gasteiger partial charge in [-0.25, -0.2) is 18.7 Å². The number of aromatic nitrogens is 5. The van der Waals surface area contributed by atoms with Crippen LogP contribution in [-0.4, -0.2) is 31.7 Å². The lowest BCUT2D eigenvalue weighted by Gasteiger charge is -2.22.